The molecule has 4 rings (SSSR count). The number of allylic oxidation sites excluding steroid dienone is 2. The molecule has 0 radical (unpaired) electrons. The van der Waals surface area contributed by atoms with Crippen molar-refractivity contribution < 1.29 is 48.3 Å². The molecule has 0 spiro atoms. The Morgan fingerprint density at radius 3 is 2.49 bits per heavy atom. The molecular formula is C32H37N2O11-. The van der Waals surface area contributed by atoms with E-state index in [-0.39, 0.29) is 33.6 Å². The average Bonchev–Trinajstić information content (AvgIpc) is 2.97. The molecule has 13 nitrogen and oxygen atoms in total. The predicted molar refractivity (Wildman–Crippen MR) is 161 cm³/mol. The first-order valence-electron chi connectivity index (χ1n) is 14.1. The molecule has 1 aromatic heterocycles. The van der Waals surface area contributed by atoms with Crippen LogP contribution >= 0.6 is 0 Å². The third-order valence-corrected chi connectivity index (χ3v) is 8.19. The summed E-state index contributed by atoms with van der Waals surface area (Å²) in [6, 6.07) is 6.96. The number of methoxy groups -OCH3 is 1. The molecule has 1 aliphatic heterocycles. The van der Waals surface area contributed by atoms with Gasteiger partial charge in [0.15, 0.2) is 12.2 Å². The molecule has 0 saturated carbocycles. The van der Waals surface area contributed by atoms with E-state index in [0.717, 1.165) is 5.57 Å². The summed E-state index contributed by atoms with van der Waals surface area (Å²) in [4.78, 5) is 37.6. The summed E-state index contributed by atoms with van der Waals surface area (Å²) in [6.45, 7) is 10.2. The van der Waals surface area contributed by atoms with Crippen molar-refractivity contribution in [1.29, 1.82) is 0 Å². The third kappa shape index (κ3) is 6.32. The van der Waals surface area contributed by atoms with Gasteiger partial charge in [0.1, 0.15) is 28.4 Å². The highest BCUT2D eigenvalue weighted by molar-refractivity contribution is 6.06. The summed E-state index contributed by atoms with van der Waals surface area (Å²) in [5, 5.41) is 36.9. The monoisotopic (exact) mass is 625 g/mol. The van der Waals surface area contributed by atoms with Crippen molar-refractivity contribution >= 4 is 28.7 Å². The Kier molecular flexibility index (Phi) is 9.20. The second kappa shape index (κ2) is 12.4. The number of benzene rings is 2. The maximum absolute atomic E-state index is 13.4. The number of fused-ring (bicyclic) bond motifs is 1. The van der Waals surface area contributed by atoms with Crippen LogP contribution in [0.4, 0.5) is 10.5 Å². The Balaban J connectivity index is 1.64. The first kappa shape index (κ1) is 33.3. The van der Waals surface area contributed by atoms with Crippen molar-refractivity contribution in [1.82, 2.24) is 0 Å². The van der Waals surface area contributed by atoms with Crippen LogP contribution in [0.3, 0.4) is 0 Å². The van der Waals surface area contributed by atoms with E-state index in [0.29, 0.717) is 12.0 Å². The van der Waals surface area contributed by atoms with E-state index in [1.807, 2.05) is 19.9 Å². The molecule has 2 aromatic carbocycles. The summed E-state index contributed by atoms with van der Waals surface area (Å²) >= 11 is 0. The number of ether oxygens (including phenoxy) is 4. The van der Waals surface area contributed by atoms with Crippen molar-refractivity contribution in [2.75, 3.05) is 12.4 Å². The molecule has 2 amide bonds. The number of rotatable bonds is 8. The molecule has 13 heteroatoms. The molecule has 45 heavy (non-hydrogen) atoms. The van der Waals surface area contributed by atoms with Crippen LogP contribution in [-0.4, -0.2) is 59.0 Å². The van der Waals surface area contributed by atoms with Crippen LogP contribution in [0.5, 0.6) is 17.2 Å². The van der Waals surface area contributed by atoms with E-state index in [2.05, 4.69) is 5.32 Å². The number of nitrogens with one attached hydrogen (secondary N) is 1. The van der Waals surface area contributed by atoms with Gasteiger partial charge in [-0.2, -0.15) is 0 Å². The van der Waals surface area contributed by atoms with E-state index in [9.17, 15) is 29.7 Å². The SMILES string of the molecule is COC1(C)C(OC(N)=O)C(O)C(Oc2ccc3c([O-])c(NC(=O)c4ccc(O)c(CC=C(C)C)c4)c(=O)oc3c2C)OC1(C)C. The average molecular weight is 626 g/mol. The van der Waals surface area contributed by atoms with Gasteiger partial charge in [-0.05, 0) is 83.9 Å². The van der Waals surface area contributed by atoms with Gasteiger partial charge in [-0.15, -0.1) is 0 Å². The molecule has 0 bridgehead atoms. The zero-order chi connectivity index (χ0) is 33.4. The summed E-state index contributed by atoms with van der Waals surface area (Å²) in [7, 11) is 1.37. The minimum Gasteiger partial charge on any atom is -0.870 e. The molecule has 4 unspecified atom stereocenters. The highest BCUT2D eigenvalue weighted by Crippen LogP contribution is 2.43. The highest BCUT2D eigenvalue weighted by atomic mass is 16.7. The molecule has 1 saturated heterocycles. The van der Waals surface area contributed by atoms with Gasteiger partial charge in [0.05, 0.1) is 5.60 Å². The van der Waals surface area contributed by atoms with Crippen molar-refractivity contribution in [2.45, 2.75) is 77.7 Å². The fourth-order valence-electron chi connectivity index (χ4n) is 5.16. The van der Waals surface area contributed by atoms with Gasteiger partial charge in [-0.1, -0.05) is 17.4 Å². The number of aliphatic hydroxyl groups excluding tert-OH is 1. The van der Waals surface area contributed by atoms with Gasteiger partial charge in [0.25, 0.3) is 5.91 Å². The number of aryl methyl sites for hydroxylation is 1. The molecule has 5 N–H and O–H groups in total. The second-order valence-corrected chi connectivity index (χ2v) is 11.7. The number of nitrogens with two attached hydrogens (primary N) is 1. The number of carbonyl (C=O) groups excluding carboxylic acids is 2. The van der Waals surface area contributed by atoms with Gasteiger partial charge < -0.3 is 49.7 Å². The Bertz CT molecular complexity index is 1720. The minimum atomic E-state index is -1.56. The number of aliphatic hydroxyl groups is 1. The summed E-state index contributed by atoms with van der Waals surface area (Å²) in [5.41, 5.74) is 2.86. The van der Waals surface area contributed by atoms with Crippen molar-refractivity contribution in [3.05, 3.63) is 69.1 Å². The van der Waals surface area contributed by atoms with Gasteiger partial charge >= 0.3 is 11.7 Å². The molecule has 0 aliphatic carbocycles. The minimum absolute atomic E-state index is 0.00520. The van der Waals surface area contributed by atoms with E-state index in [4.69, 9.17) is 29.1 Å². The van der Waals surface area contributed by atoms with Crippen LogP contribution in [-0.2, 0) is 20.6 Å². The molecule has 1 fully saturated rings. The number of amides is 2. The van der Waals surface area contributed by atoms with E-state index in [1.54, 1.807) is 20.8 Å². The Morgan fingerprint density at radius 1 is 1.18 bits per heavy atom. The molecule has 242 valence electrons. The van der Waals surface area contributed by atoms with Crippen LogP contribution in [0.2, 0.25) is 0 Å². The topological polar surface area (TPSA) is 203 Å². The van der Waals surface area contributed by atoms with Crippen molar-refractivity contribution in [2.24, 2.45) is 5.73 Å². The van der Waals surface area contributed by atoms with Gasteiger partial charge in [-0.25, -0.2) is 9.59 Å². The van der Waals surface area contributed by atoms with Crippen molar-refractivity contribution in [3.63, 3.8) is 0 Å². The molecular weight excluding hydrogens is 588 g/mol. The number of anilines is 1. The Labute approximate surface area is 259 Å². The maximum atomic E-state index is 13.4. The lowest BCUT2D eigenvalue weighted by Crippen LogP contribution is -2.71. The van der Waals surface area contributed by atoms with E-state index in [1.165, 1.54) is 44.4 Å². The summed E-state index contributed by atoms with van der Waals surface area (Å²) in [5.74, 6) is -1.43. The van der Waals surface area contributed by atoms with Crippen LogP contribution in [0.15, 0.2) is 51.2 Å². The molecule has 3 aromatic rings. The normalized spacial score (nSPS) is 22.4. The number of hydrogen-bond donors (Lipinski definition) is 4. The number of phenols is 1. The van der Waals surface area contributed by atoms with Crippen LogP contribution in [0.25, 0.3) is 11.0 Å². The van der Waals surface area contributed by atoms with Gasteiger partial charge in [-0.3, -0.25) is 4.79 Å². The lowest BCUT2D eigenvalue weighted by atomic mass is 9.77. The molecule has 4 atom stereocenters. The smallest absolute Gasteiger partial charge is 0.404 e. The third-order valence-electron chi connectivity index (χ3n) is 8.19. The first-order chi connectivity index (χ1) is 21.0. The van der Waals surface area contributed by atoms with Crippen molar-refractivity contribution in [3.8, 4) is 17.2 Å². The van der Waals surface area contributed by atoms with E-state index >= 15 is 0 Å². The second-order valence-electron chi connectivity index (χ2n) is 11.7. The quantitative estimate of drug-likeness (QED) is 0.211. The number of hydrogen-bond acceptors (Lipinski definition) is 11. The number of aromatic hydroxyl groups is 1. The summed E-state index contributed by atoms with van der Waals surface area (Å²) in [6.07, 6.45) is -3.11. The van der Waals surface area contributed by atoms with E-state index < -0.39 is 58.8 Å². The van der Waals surface area contributed by atoms with Crippen LogP contribution < -0.4 is 26.5 Å². The van der Waals surface area contributed by atoms with Crippen LogP contribution in [0.1, 0.15) is 56.1 Å². The largest absolute Gasteiger partial charge is 0.870 e. The molecule has 2 heterocycles. The standard InChI is InChI=1S/C32H38N2O11/c1-15(2)8-9-17-14-18(10-12-20(17)35)27(38)34-22-23(36)19-11-13-21(16(3)25(19)43-28(22)39)42-29-24(37)26(44-30(33)40)32(6,41-7)31(4,5)45-29/h8,10-14,24,26,29,35-37H,9H2,1-7H3,(H2,33,40)(H,34,38)/p-1. The Morgan fingerprint density at radius 2 is 1.87 bits per heavy atom. The highest BCUT2D eigenvalue weighted by Gasteiger charge is 2.61. The van der Waals surface area contributed by atoms with Crippen LogP contribution in [0, 0.1) is 6.92 Å². The maximum Gasteiger partial charge on any atom is 0.404 e. The lowest BCUT2D eigenvalue weighted by molar-refractivity contribution is -0.338. The van der Waals surface area contributed by atoms with Gasteiger partial charge in [0.2, 0.25) is 6.29 Å². The Hall–Kier alpha value is -4.59. The fourth-order valence-corrected chi connectivity index (χ4v) is 5.16. The summed E-state index contributed by atoms with van der Waals surface area (Å²) < 4.78 is 28.2. The van der Waals surface area contributed by atoms with Gasteiger partial charge in [0, 0.05) is 23.6 Å². The number of phenolic OH excluding ortho intramolecular Hbond substituents is 1. The zero-order valence-corrected chi connectivity index (χ0v) is 26.0. The first-order valence-corrected chi connectivity index (χ1v) is 14.1. The predicted octanol–water partition coefficient (Wildman–Crippen LogP) is 3.39. The lowest BCUT2D eigenvalue weighted by Gasteiger charge is -2.53. The molecule has 1 aliphatic rings. The zero-order valence-electron chi connectivity index (χ0n) is 26.0. The number of primary amides is 1. The number of carbonyl (C=O) groups is 2. The fraction of sp³-hybridized carbons (Fsp3) is 0.406.